The molecular weight excluding hydrogens is 214 g/mol. The summed E-state index contributed by atoms with van der Waals surface area (Å²) in [5.74, 6) is 4.70. The van der Waals surface area contributed by atoms with Crippen molar-refractivity contribution in [1.82, 2.24) is 0 Å². The molecule has 92 valence electrons. The number of aliphatic hydroxyl groups is 1. The molecule has 3 nitrogen and oxygen atoms in total. The number of aliphatic hydroxyl groups excluding tert-OH is 1. The fourth-order valence-corrected chi connectivity index (χ4v) is 1.43. The lowest BCUT2D eigenvalue weighted by Gasteiger charge is -2.20. The van der Waals surface area contributed by atoms with Gasteiger partial charge in [0.15, 0.2) is 0 Å². The molecule has 17 heavy (non-hydrogen) atoms. The second-order valence-corrected chi connectivity index (χ2v) is 3.96. The molecule has 0 heterocycles. The minimum absolute atomic E-state index is 0.0891. The van der Waals surface area contributed by atoms with Crippen LogP contribution in [0.15, 0.2) is 0 Å². The molecule has 3 heteroatoms. The van der Waals surface area contributed by atoms with Crippen molar-refractivity contribution >= 4 is 0 Å². The van der Waals surface area contributed by atoms with E-state index in [1.54, 1.807) is 0 Å². The number of hydrogen-bond acceptors (Lipinski definition) is 3. The molecule has 0 fully saturated rings. The molecule has 0 aromatic heterocycles. The quantitative estimate of drug-likeness (QED) is 0.511. The molecule has 1 N–H and O–H groups in total. The van der Waals surface area contributed by atoms with Crippen LogP contribution in [0.25, 0.3) is 0 Å². The van der Waals surface area contributed by atoms with Crippen molar-refractivity contribution in [1.29, 1.82) is 5.26 Å². The van der Waals surface area contributed by atoms with Crippen LogP contribution in [0.2, 0.25) is 0 Å². The van der Waals surface area contributed by atoms with Crippen LogP contribution in [0, 0.1) is 47.9 Å². The second kappa shape index (κ2) is 9.73. The van der Waals surface area contributed by atoms with Gasteiger partial charge >= 0.3 is 0 Å². The molecule has 0 amide bonds. The van der Waals surface area contributed by atoms with Gasteiger partial charge in [0.2, 0.25) is 0 Å². The van der Waals surface area contributed by atoms with Crippen LogP contribution < -0.4 is 0 Å². The summed E-state index contributed by atoms with van der Waals surface area (Å²) in [7, 11) is 0. The Labute approximate surface area is 104 Å². The van der Waals surface area contributed by atoms with Crippen LogP contribution in [0.1, 0.15) is 26.2 Å². The normalized spacial score (nSPS) is 15.0. The van der Waals surface area contributed by atoms with Gasteiger partial charge in [-0.25, -0.2) is 0 Å². The van der Waals surface area contributed by atoms with Crippen LogP contribution in [0.5, 0.6) is 0 Å². The average molecular weight is 233 g/mol. The summed E-state index contributed by atoms with van der Waals surface area (Å²) in [4.78, 5) is 0. The number of terminal acetylenes is 2. The summed E-state index contributed by atoms with van der Waals surface area (Å²) >= 11 is 0. The van der Waals surface area contributed by atoms with E-state index in [9.17, 15) is 0 Å². The Morgan fingerprint density at radius 2 is 2.00 bits per heavy atom. The van der Waals surface area contributed by atoms with Crippen molar-refractivity contribution in [3.05, 3.63) is 0 Å². The third-order valence-corrected chi connectivity index (χ3v) is 2.41. The zero-order valence-electron chi connectivity index (χ0n) is 10.2. The monoisotopic (exact) mass is 233 g/mol. The molecule has 0 aliphatic heterocycles. The van der Waals surface area contributed by atoms with E-state index in [0.29, 0.717) is 25.9 Å². The third kappa shape index (κ3) is 7.42. The van der Waals surface area contributed by atoms with Crippen LogP contribution in [0.3, 0.4) is 0 Å². The van der Waals surface area contributed by atoms with Gasteiger partial charge in [0.25, 0.3) is 0 Å². The summed E-state index contributed by atoms with van der Waals surface area (Å²) in [5.41, 5.74) is 0. The molecule has 0 saturated heterocycles. The molecule has 3 unspecified atom stereocenters. The molecule has 0 radical (unpaired) electrons. The highest BCUT2D eigenvalue weighted by molar-refractivity contribution is 5.06. The standard InChI is InChI=1S/C14H19NO2/c1-4-12(3)9-14(17-8-6-7-16)10-13(5-2)11-15/h1-2,12-14,16H,6-10H2,3H3. The van der Waals surface area contributed by atoms with Crippen LogP contribution in [-0.2, 0) is 4.74 Å². The van der Waals surface area contributed by atoms with Gasteiger partial charge in [-0.05, 0) is 12.8 Å². The zero-order chi connectivity index (χ0) is 13.1. The molecular formula is C14H19NO2. The van der Waals surface area contributed by atoms with Gasteiger partial charge in [0, 0.05) is 25.6 Å². The smallest absolute Gasteiger partial charge is 0.109 e. The number of hydrogen-bond donors (Lipinski definition) is 1. The first kappa shape index (κ1) is 15.5. The van der Waals surface area contributed by atoms with Gasteiger partial charge in [-0.3, -0.25) is 0 Å². The van der Waals surface area contributed by atoms with Crippen LogP contribution in [0.4, 0.5) is 0 Å². The lowest BCUT2D eigenvalue weighted by atomic mass is 9.96. The summed E-state index contributed by atoms with van der Waals surface area (Å²) in [5, 5.41) is 17.5. The van der Waals surface area contributed by atoms with Gasteiger partial charge in [-0.2, -0.15) is 5.26 Å². The van der Waals surface area contributed by atoms with E-state index in [0.717, 1.165) is 0 Å². The van der Waals surface area contributed by atoms with E-state index in [1.165, 1.54) is 0 Å². The Balaban J connectivity index is 4.26. The summed E-state index contributed by atoms with van der Waals surface area (Å²) in [6.45, 7) is 2.48. The molecule has 0 aromatic carbocycles. The SMILES string of the molecule is C#CC(C)CC(CC(C#C)C#N)OCCCO. The lowest BCUT2D eigenvalue weighted by Crippen LogP contribution is -2.20. The fraction of sp³-hybridized carbons (Fsp3) is 0.643. The summed E-state index contributed by atoms with van der Waals surface area (Å²) in [6.07, 6.45) is 12.2. The number of nitriles is 1. The summed E-state index contributed by atoms with van der Waals surface area (Å²) < 4.78 is 5.59. The minimum Gasteiger partial charge on any atom is -0.396 e. The Kier molecular flexibility index (Phi) is 8.89. The zero-order valence-corrected chi connectivity index (χ0v) is 10.2. The molecule has 0 aliphatic rings. The first-order valence-corrected chi connectivity index (χ1v) is 5.72. The van der Waals surface area contributed by atoms with E-state index < -0.39 is 5.92 Å². The highest BCUT2D eigenvalue weighted by atomic mass is 16.5. The van der Waals surface area contributed by atoms with Gasteiger partial charge < -0.3 is 9.84 Å². The maximum atomic E-state index is 8.81. The van der Waals surface area contributed by atoms with Crippen molar-refractivity contribution in [2.75, 3.05) is 13.2 Å². The highest BCUT2D eigenvalue weighted by Gasteiger charge is 2.17. The summed E-state index contributed by atoms with van der Waals surface area (Å²) in [6, 6.07) is 2.05. The topological polar surface area (TPSA) is 53.2 Å². The molecule has 0 aliphatic carbocycles. The Hall–Kier alpha value is -1.47. The molecule has 0 bridgehead atoms. The number of ether oxygens (including phenoxy) is 1. The maximum absolute atomic E-state index is 8.81. The van der Waals surface area contributed by atoms with Crippen molar-refractivity contribution in [3.63, 3.8) is 0 Å². The van der Waals surface area contributed by atoms with Crippen molar-refractivity contribution < 1.29 is 9.84 Å². The molecule has 3 atom stereocenters. The van der Waals surface area contributed by atoms with Gasteiger partial charge in [0.1, 0.15) is 5.92 Å². The van der Waals surface area contributed by atoms with Gasteiger partial charge in [0.05, 0.1) is 12.2 Å². The van der Waals surface area contributed by atoms with E-state index in [-0.39, 0.29) is 18.6 Å². The predicted octanol–water partition coefficient (Wildman–Crippen LogP) is 1.58. The third-order valence-electron chi connectivity index (χ3n) is 2.41. The lowest BCUT2D eigenvalue weighted by molar-refractivity contribution is 0.0258. The van der Waals surface area contributed by atoms with Crippen molar-refractivity contribution in [2.24, 2.45) is 11.8 Å². The number of nitrogens with zero attached hydrogens (tertiary/aromatic N) is 1. The first-order chi connectivity index (χ1) is 8.17. The van der Waals surface area contributed by atoms with E-state index in [1.807, 2.05) is 13.0 Å². The highest BCUT2D eigenvalue weighted by Crippen LogP contribution is 2.16. The van der Waals surface area contributed by atoms with E-state index in [2.05, 4.69) is 11.8 Å². The van der Waals surface area contributed by atoms with Crippen LogP contribution >= 0.6 is 0 Å². The van der Waals surface area contributed by atoms with E-state index >= 15 is 0 Å². The minimum atomic E-state index is -0.445. The van der Waals surface area contributed by atoms with Gasteiger partial charge in [-0.15, -0.1) is 18.8 Å². The van der Waals surface area contributed by atoms with E-state index in [4.69, 9.17) is 28.0 Å². The van der Waals surface area contributed by atoms with Gasteiger partial charge in [-0.1, -0.05) is 12.8 Å². The molecule has 0 aromatic rings. The molecule has 0 spiro atoms. The fourth-order valence-electron chi connectivity index (χ4n) is 1.43. The maximum Gasteiger partial charge on any atom is 0.109 e. The largest absolute Gasteiger partial charge is 0.396 e. The average Bonchev–Trinajstić information content (AvgIpc) is 2.35. The first-order valence-electron chi connectivity index (χ1n) is 5.72. The van der Waals surface area contributed by atoms with Crippen molar-refractivity contribution in [2.45, 2.75) is 32.3 Å². The molecule has 0 saturated carbocycles. The number of rotatable bonds is 8. The molecule has 0 rings (SSSR count). The predicted molar refractivity (Wildman–Crippen MR) is 66.6 cm³/mol. The van der Waals surface area contributed by atoms with Crippen molar-refractivity contribution in [3.8, 4) is 30.8 Å². The Morgan fingerprint density at radius 3 is 2.47 bits per heavy atom. The Morgan fingerprint density at radius 1 is 1.29 bits per heavy atom. The Bertz CT molecular complexity index is 305. The second-order valence-electron chi connectivity index (χ2n) is 3.96. The van der Waals surface area contributed by atoms with Crippen LogP contribution in [-0.4, -0.2) is 24.4 Å².